The van der Waals surface area contributed by atoms with Gasteiger partial charge in [0.15, 0.2) is 0 Å². The van der Waals surface area contributed by atoms with Crippen LogP contribution in [0.15, 0.2) is 182 Å². The van der Waals surface area contributed by atoms with Gasteiger partial charge in [0.25, 0.3) is 0 Å². The van der Waals surface area contributed by atoms with Crippen LogP contribution in [0.1, 0.15) is 0 Å². The van der Waals surface area contributed by atoms with Gasteiger partial charge in [-0.2, -0.15) is 0 Å². The molecule has 0 N–H and O–H groups in total. The fraction of sp³-hybridized carbons (Fsp3) is 0. The Kier molecular flexibility index (Phi) is 5.91. The number of hydrogen-bond acceptors (Lipinski definition) is 0. The molecule has 0 bridgehead atoms. The molecule has 0 radical (unpaired) electrons. The van der Waals surface area contributed by atoms with E-state index >= 15 is 0 Å². The largest absolute Gasteiger partial charge is 0.309 e. The van der Waals surface area contributed by atoms with Crippen molar-refractivity contribution < 1.29 is 0 Å². The fourth-order valence-corrected chi connectivity index (χ4v) is 7.67. The van der Waals surface area contributed by atoms with Crippen molar-refractivity contribution in [3.63, 3.8) is 0 Å². The molecule has 2 heterocycles. The van der Waals surface area contributed by atoms with Gasteiger partial charge in [0, 0.05) is 38.3 Å². The van der Waals surface area contributed by atoms with Gasteiger partial charge in [-0.25, -0.2) is 0 Å². The van der Waals surface area contributed by atoms with Gasteiger partial charge in [-0.15, -0.1) is 0 Å². The second-order valence-electron chi connectivity index (χ2n) is 12.6. The van der Waals surface area contributed by atoms with Crippen LogP contribution >= 0.6 is 0 Å². The topological polar surface area (TPSA) is 9.86 Å². The monoisotopic (exact) mass is 610 g/mol. The first-order valence-corrected chi connectivity index (χ1v) is 16.5. The van der Waals surface area contributed by atoms with E-state index in [0.29, 0.717) is 0 Å². The number of benzene rings is 8. The zero-order valence-corrected chi connectivity index (χ0v) is 26.2. The fourth-order valence-electron chi connectivity index (χ4n) is 7.67. The molecule has 10 rings (SSSR count). The maximum absolute atomic E-state index is 2.45. The summed E-state index contributed by atoms with van der Waals surface area (Å²) in [6.45, 7) is 0. The van der Waals surface area contributed by atoms with Crippen LogP contribution in [0.2, 0.25) is 0 Å². The van der Waals surface area contributed by atoms with E-state index in [1.54, 1.807) is 0 Å². The Labute approximate surface area is 278 Å². The van der Waals surface area contributed by atoms with Crippen LogP contribution in [0, 0.1) is 0 Å². The molecule has 48 heavy (non-hydrogen) atoms. The summed E-state index contributed by atoms with van der Waals surface area (Å²) in [7, 11) is 0. The molecule has 0 amide bonds. The number of nitrogens with zero attached hydrogens (tertiary/aromatic N) is 2. The third-order valence-electron chi connectivity index (χ3n) is 9.90. The highest BCUT2D eigenvalue weighted by Gasteiger charge is 2.17. The smallest absolute Gasteiger partial charge is 0.0619 e. The van der Waals surface area contributed by atoms with Crippen molar-refractivity contribution in [3.05, 3.63) is 182 Å². The summed E-state index contributed by atoms with van der Waals surface area (Å²) in [5.41, 5.74) is 12.1. The summed E-state index contributed by atoms with van der Waals surface area (Å²) in [5.74, 6) is 0. The molecule has 0 fully saturated rings. The van der Waals surface area contributed by atoms with Gasteiger partial charge in [0.05, 0.1) is 22.1 Å². The van der Waals surface area contributed by atoms with E-state index in [4.69, 9.17) is 0 Å². The van der Waals surface area contributed by atoms with E-state index < -0.39 is 0 Å². The number of rotatable bonds is 4. The molecule has 0 atom stereocenters. The van der Waals surface area contributed by atoms with Crippen molar-refractivity contribution in [3.8, 4) is 33.6 Å². The normalized spacial score (nSPS) is 11.8. The molecule has 2 heteroatoms. The second-order valence-corrected chi connectivity index (χ2v) is 12.6. The van der Waals surface area contributed by atoms with Crippen LogP contribution in [0.3, 0.4) is 0 Å². The zero-order valence-electron chi connectivity index (χ0n) is 26.2. The van der Waals surface area contributed by atoms with Gasteiger partial charge >= 0.3 is 0 Å². The molecule has 0 aliphatic heterocycles. The average Bonchev–Trinajstić information content (AvgIpc) is 3.68. The Bertz CT molecular complexity index is 2800. The van der Waals surface area contributed by atoms with Crippen molar-refractivity contribution in [2.75, 3.05) is 0 Å². The van der Waals surface area contributed by atoms with Crippen LogP contribution in [0.4, 0.5) is 0 Å². The summed E-state index contributed by atoms with van der Waals surface area (Å²) in [6.07, 6.45) is 0. The molecule has 0 aliphatic rings. The minimum Gasteiger partial charge on any atom is -0.309 e. The lowest BCUT2D eigenvalue weighted by atomic mass is 10.00. The van der Waals surface area contributed by atoms with Crippen LogP contribution in [0.5, 0.6) is 0 Å². The lowest BCUT2D eigenvalue weighted by Gasteiger charge is -2.11. The van der Waals surface area contributed by atoms with Gasteiger partial charge in [-0.1, -0.05) is 127 Å². The first kappa shape index (κ1) is 26.8. The summed E-state index contributed by atoms with van der Waals surface area (Å²) in [6, 6.07) is 66.2. The van der Waals surface area contributed by atoms with Gasteiger partial charge < -0.3 is 9.13 Å². The molecule has 224 valence electrons. The van der Waals surface area contributed by atoms with Crippen LogP contribution < -0.4 is 0 Å². The molecule has 2 nitrogen and oxygen atoms in total. The Hall–Kier alpha value is -6.38. The van der Waals surface area contributed by atoms with E-state index in [2.05, 4.69) is 191 Å². The highest BCUT2D eigenvalue weighted by Crippen LogP contribution is 2.40. The van der Waals surface area contributed by atoms with Crippen molar-refractivity contribution >= 4 is 54.4 Å². The summed E-state index contributed by atoms with van der Waals surface area (Å²) >= 11 is 0. The van der Waals surface area contributed by atoms with Gasteiger partial charge in [-0.05, 0) is 82.2 Å². The third-order valence-corrected chi connectivity index (χ3v) is 9.90. The molecule has 0 aliphatic carbocycles. The highest BCUT2D eigenvalue weighted by molar-refractivity contribution is 6.19. The summed E-state index contributed by atoms with van der Waals surface area (Å²) in [4.78, 5) is 0. The Morgan fingerprint density at radius 3 is 1.54 bits per heavy atom. The second kappa shape index (κ2) is 10.6. The van der Waals surface area contributed by atoms with Crippen LogP contribution in [-0.2, 0) is 0 Å². The lowest BCUT2D eigenvalue weighted by molar-refractivity contribution is 1.18. The number of fused-ring (bicyclic) bond motifs is 8. The lowest BCUT2D eigenvalue weighted by Crippen LogP contribution is -1.94. The van der Waals surface area contributed by atoms with Crippen molar-refractivity contribution in [1.82, 2.24) is 9.13 Å². The minimum absolute atomic E-state index is 1.16. The summed E-state index contributed by atoms with van der Waals surface area (Å²) in [5, 5.41) is 7.55. The molecule has 2 aromatic heterocycles. The first-order chi connectivity index (χ1) is 23.8. The van der Waals surface area contributed by atoms with Crippen molar-refractivity contribution in [1.29, 1.82) is 0 Å². The number of aromatic nitrogens is 2. The van der Waals surface area contributed by atoms with Crippen LogP contribution in [0.25, 0.3) is 88.0 Å². The standard InChI is InChI=1S/C46H30N2/c1-3-11-31(12-4-1)32-19-24-37(25-20-32)48-45-28-23-35(30-42(45)40-26-21-33-13-7-8-16-38(33)46(40)48)34-22-27-44-41(29-34)39-17-9-10-18-43(39)47(44)36-14-5-2-6-15-36/h1-30H. The van der Waals surface area contributed by atoms with Gasteiger partial charge in [0.2, 0.25) is 0 Å². The molecule has 0 saturated heterocycles. The quantitative estimate of drug-likeness (QED) is 0.188. The molecular formula is C46H30N2. The van der Waals surface area contributed by atoms with E-state index in [9.17, 15) is 0 Å². The number of hydrogen-bond donors (Lipinski definition) is 0. The molecular weight excluding hydrogens is 581 g/mol. The van der Waals surface area contributed by atoms with E-state index in [1.807, 2.05) is 0 Å². The SMILES string of the molecule is c1ccc(-c2ccc(-n3c4ccc(-c5ccc6c(c5)c5ccccc5n6-c5ccccc5)cc4c4ccc5ccccc5c43)cc2)cc1. The van der Waals surface area contributed by atoms with E-state index in [0.717, 1.165) is 5.69 Å². The predicted octanol–water partition coefficient (Wildman–Crippen LogP) is 12.4. The van der Waals surface area contributed by atoms with Gasteiger partial charge in [0.1, 0.15) is 0 Å². The minimum atomic E-state index is 1.16. The Morgan fingerprint density at radius 2 is 0.792 bits per heavy atom. The Balaban J connectivity index is 1.18. The van der Waals surface area contributed by atoms with E-state index in [-0.39, 0.29) is 0 Å². The van der Waals surface area contributed by atoms with Crippen molar-refractivity contribution in [2.24, 2.45) is 0 Å². The molecule has 10 aromatic rings. The highest BCUT2D eigenvalue weighted by atomic mass is 15.0. The number of para-hydroxylation sites is 2. The maximum atomic E-state index is 2.45. The van der Waals surface area contributed by atoms with Crippen LogP contribution in [-0.4, -0.2) is 9.13 Å². The Morgan fingerprint density at radius 1 is 0.271 bits per heavy atom. The van der Waals surface area contributed by atoms with E-state index in [1.165, 1.54) is 82.3 Å². The van der Waals surface area contributed by atoms with Crippen molar-refractivity contribution in [2.45, 2.75) is 0 Å². The summed E-state index contributed by atoms with van der Waals surface area (Å²) < 4.78 is 4.82. The average molecular weight is 611 g/mol. The zero-order chi connectivity index (χ0) is 31.6. The molecule has 0 spiro atoms. The predicted molar refractivity (Wildman–Crippen MR) is 203 cm³/mol. The maximum Gasteiger partial charge on any atom is 0.0619 e. The third kappa shape index (κ3) is 4.06. The molecule has 0 saturated carbocycles. The molecule has 0 unspecified atom stereocenters. The van der Waals surface area contributed by atoms with Gasteiger partial charge in [-0.3, -0.25) is 0 Å². The molecule has 8 aromatic carbocycles. The first-order valence-electron chi connectivity index (χ1n) is 16.5.